The van der Waals surface area contributed by atoms with Gasteiger partial charge in [0.1, 0.15) is 5.75 Å². The van der Waals surface area contributed by atoms with Crippen LogP contribution in [0.4, 0.5) is 13.2 Å². The van der Waals surface area contributed by atoms with Gasteiger partial charge < -0.3 is 9.84 Å². The highest BCUT2D eigenvalue weighted by atomic mass is 35.5. The van der Waals surface area contributed by atoms with E-state index in [1.807, 2.05) is 6.92 Å². The van der Waals surface area contributed by atoms with Gasteiger partial charge in [-0.25, -0.2) is 0 Å². The Bertz CT molecular complexity index is 456. The quantitative estimate of drug-likeness (QED) is 0.902. The van der Waals surface area contributed by atoms with E-state index in [2.05, 4.69) is 0 Å². The maximum atomic E-state index is 12.9. The van der Waals surface area contributed by atoms with Gasteiger partial charge in [0.2, 0.25) is 0 Å². The van der Waals surface area contributed by atoms with Gasteiger partial charge in [0.25, 0.3) is 0 Å². The molecule has 0 saturated heterocycles. The van der Waals surface area contributed by atoms with E-state index in [0.29, 0.717) is 18.9 Å². The molecule has 0 amide bonds. The molecule has 2 nitrogen and oxygen atoms in total. The van der Waals surface area contributed by atoms with Gasteiger partial charge in [0.05, 0.1) is 6.61 Å². The monoisotopic (exact) mass is 296 g/mol. The minimum atomic E-state index is -4.81. The lowest BCUT2D eigenvalue weighted by atomic mass is 9.93. The van der Waals surface area contributed by atoms with Crippen molar-refractivity contribution in [3.8, 4) is 5.75 Å². The van der Waals surface area contributed by atoms with E-state index in [9.17, 15) is 18.3 Å². The first-order valence-electron chi connectivity index (χ1n) is 5.83. The van der Waals surface area contributed by atoms with Crippen molar-refractivity contribution in [1.82, 2.24) is 0 Å². The number of benzene rings is 1. The van der Waals surface area contributed by atoms with Gasteiger partial charge in [-0.1, -0.05) is 18.5 Å². The van der Waals surface area contributed by atoms with E-state index < -0.39 is 11.8 Å². The van der Waals surface area contributed by atoms with Gasteiger partial charge in [-0.2, -0.15) is 13.2 Å². The van der Waals surface area contributed by atoms with Crippen LogP contribution in [-0.2, 0) is 5.60 Å². The number of aliphatic hydroxyl groups is 1. The first-order valence-corrected chi connectivity index (χ1v) is 6.21. The summed E-state index contributed by atoms with van der Waals surface area (Å²) >= 11 is 5.84. The standard InChI is InChI=1S/C13H16ClF3O2/c1-4-5-19-11-6-8(2)10(14)7-9(11)12(3,18)13(15,16)17/h6-7,18H,4-5H2,1-3H3. The largest absolute Gasteiger partial charge is 0.493 e. The van der Waals surface area contributed by atoms with Crippen molar-refractivity contribution < 1.29 is 23.0 Å². The zero-order valence-electron chi connectivity index (χ0n) is 10.9. The van der Waals surface area contributed by atoms with Gasteiger partial charge in [-0.15, -0.1) is 0 Å². The van der Waals surface area contributed by atoms with Crippen LogP contribution in [0.15, 0.2) is 12.1 Å². The zero-order valence-corrected chi connectivity index (χ0v) is 11.7. The fourth-order valence-electron chi connectivity index (χ4n) is 1.52. The minimum absolute atomic E-state index is 0.00562. The molecule has 0 aliphatic rings. The average Bonchev–Trinajstić information content (AvgIpc) is 2.28. The first kappa shape index (κ1) is 16.1. The van der Waals surface area contributed by atoms with Crippen LogP contribution in [0.3, 0.4) is 0 Å². The van der Waals surface area contributed by atoms with Gasteiger partial charge >= 0.3 is 6.18 Å². The van der Waals surface area contributed by atoms with Gasteiger partial charge in [-0.3, -0.25) is 0 Å². The molecular formula is C13H16ClF3O2. The Hall–Kier alpha value is -0.940. The van der Waals surface area contributed by atoms with Crippen LogP contribution in [0, 0.1) is 6.92 Å². The van der Waals surface area contributed by atoms with E-state index in [0.717, 1.165) is 6.07 Å². The number of ether oxygens (including phenoxy) is 1. The molecule has 19 heavy (non-hydrogen) atoms. The molecule has 1 N–H and O–H groups in total. The van der Waals surface area contributed by atoms with Crippen LogP contribution in [0.2, 0.25) is 5.02 Å². The Labute approximate surface area is 115 Å². The summed E-state index contributed by atoms with van der Waals surface area (Å²) in [6, 6.07) is 2.52. The Morgan fingerprint density at radius 1 is 1.32 bits per heavy atom. The lowest BCUT2D eigenvalue weighted by Crippen LogP contribution is -2.39. The van der Waals surface area contributed by atoms with Crippen LogP contribution < -0.4 is 4.74 Å². The lowest BCUT2D eigenvalue weighted by Gasteiger charge is -2.29. The maximum Gasteiger partial charge on any atom is 0.421 e. The molecule has 0 aliphatic carbocycles. The minimum Gasteiger partial charge on any atom is -0.493 e. The molecule has 0 spiro atoms. The molecule has 1 atom stereocenters. The Morgan fingerprint density at radius 2 is 1.89 bits per heavy atom. The van der Waals surface area contributed by atoms with E-state index in [-0.39, 0.29) is 22.9 Å². The topological polar surface area (TPSA) is 29.5 Å². The molecule has 0 fully saturated rings. The van der Waals surface area contributed by atoms with Crippen LogP contribution in [-0.4, -0.2) is 17.9 Å². The van der Waals surface area contributed by atoms with Crippen molar-refractivity contribution in [2.24, 2.45) is 0 Å². The van der Waals surface area contributed by atoms with E-state index in [1.54, 1.807) is 6.92 Å². The van der Waals surface area contributed by atoms with Crippen LogP contribution >= 0.6 is 11.6 Å². The lowest BCUT2D eigenvalue weighted by molar-refractivity contribution is -0.259. The molecule has 0 aromatic heterocycles. The third kappa shape index (κ3) is 3.34. The normalized spacial score (nSPS) is 15.2. The van der Waals surface area contributed by atoms with Gasteiger partial charge in [0.15, 0.2) is 5.60 Å². The highest BCUT2D eigenvalue weighted by Gasteiger charge is 2.52. The molecule has 1 unspecified atom stereocenters. The van der Waals surface area contributed by atoms with Crippen molar-refractivity contribution in [2.45, 2.75) is 39.0 Å². The van der Waals surface area contributed by atoms with Gasteiger partial charge in [-0.05, 0) is 38.0 Å². The van der Waals surface area contributed by atoms with Crippen molar-refractivity contribution in [3.05, 3.63) is 28.3 Å². The summed E-state index contributed by atoms with van der Waals surface area (Å²) in [5, 5.41) is 9.91. The number of halogens is 4. The number of rotatable bonds is 4. The van der Waals surface area contributed by atoms with E-state index in [4.69, 9.17) is 16.3 Å². The summed E-state index contributed by atoms with van der Waals surface area (Å²) in [5.74, 6) is 0.00562. The smallest absolute Gasteiger partial charge is 0.421 e. The fourth-order valence-corrected chi connectivity index (χ4v) is 1.68. The maximum absolute atomic E-state index is 12.9. The summed E-state index contributed by atoms with van der Waals surface area (Å²) in [6.07, 6.45) is -4.16. The summed E-state index contributed by atoms with van der Waals surface area (Å²) < 4.78 is 44.0. The highest BCUT2D eigenvalue weighted by molar-refractivity contribution is 6.31. The van der Waals surface area contributed by atoms with Crippen molar-refractivity contribution in [1.29, 1.82) is 0 Å². The third-order valence-corrected chi connectivity index (χ3v) is 3.21. The van der Waals surface area contributed by atoms with Gasteiger partial charge in [0, 0.05) is 10.6 Å². The zero-order chi connectivity index (χ0) is 14.8. The number of alkyl halides is 3. The number of hydrogen-bond donors (Lipinski definition) is 1. The second-order valence-electron chi connectivity index (χ2n) is 4.52. The predicted molar refractivity (Wildman–Crippen MR) is 67.6 cm³/mol. The summed E-state index contributed by atoms with van der Waals surface area (Å²) in [6.45, 7) is 4.45. The fraction of sp³-hybridized carbons (Fsp3) is 0.538. The molecule has 6 heteroatoms. The molecule has 0 radical (unpaired) electrons. The first-order chi connectivity index (χ1) is 8.61. The Kier molecular flexibility index (Phi) is 4.74. The van der Waals surface area contributed by atoms with Crippen LogP contribution in [0.25, 0.3) is 0 Å². The second kappa shape index (κ2) is 5.59. The Balaban J connectivity index is 3.35. The molecule has 0 aliphatic heterocycles. The molecule has 0 saturated carbocycles. The molecule has 1 rings (SSSR count). The summed E-state index contributed by atoms with van der Waals surface area (Å²) in [5.41, 5.74) is -2.79. The number of hydrogen-bond acceptors (Lipinski definition) is 2. The molecular weight excluding hydrogens is 281 g/mol. The SMILES string of the molecule is CCCOc1cc(C)c(Cl)cc1C(C)(O)C(F)(F)F. The third-order valence-electron chi connectivity index (χ3n) is 2.80. The van der Waals surface area contributed by atoms with E-state index in [1.165, 1.54) is 6.07 Å². The second-order valence-corrected chi connectivity index (χ2v) is 4.92. The van der Waals surface area contributed by atoms with Crippen LogP contribution in [0.5, 0.6) is 5.75 Å². The molecule has 0 bridgehead atoms. The molecule has 108 valence electrons. The average molecular weight is 297 g/mol. The van der Waals surface area contributed by atoms with Crippen molar-refractivity contribution in [3.63, 3.8) is 0 Å². The van der Waals surface area contributed by atoms with Crippen molar-refractivity contribution >= 4 is 11.6 Å². The van der Waals surface area contributed by atoms with E-state index >= 15 is 0 Å². The predicted octanol–water partition coefficient (Wildman–Crippen LogP) is 4.21. The number of aryl methyl sites for hydroxylation is 1. The summed E-state index contributed by atoms with van der Waals surface area (Å²) in [4.78, 5) is 0. The Morgan fingerprint density at radius 3 is 2.37 bits per heavy atom. The summed E-state index contributed by atoms with van der Waals surface area (Å²) in [7, 11) is 0. The highest BCUT2D eigenvalue weighted by Crippen LogP contribution is 2.44. The van der Waals surface area contributed by atoms with Crippen molar-refractivity contribution in [2.75, 3.05) is 6.61 Å². The molecule has 1 aromatic carbocycles. The molecule has 0 heterocycles. The molecule has 1 aromatic rings. The van der Waals surface area contributed by atoms with Crippen LogP contribution in [0.1, 0.15) is 31.4 Å².